The van der Waals surface area contributed by atoms with Crippen LogP contribution in [-0.2, 0) is 13.1 Å². The maximum absolute atomic E-state index is 13.9. The molecule has 2 aliphatic heterocycles. The van der Waals surface area contributed by atoms with Crippen LogP contribution in [0.3, 0.4) is 0 Å². The van der Waals surface area contributed by atoms with Crippen LogP contribution in [0.15, 0.2) is 48.5 Å². The molecule has 0 aromatic heterocycles. The Labute approximate surface area is 232 Å². The molecule has 2 heterocycles. The van der Waals surface area contributed by atoms with Gasteiger partial charge >= 0.3 is 0 Å². The zero-order valence-electron chi connectivity index (χ0n) is 23.9. The minimum absolute atomic E-state index is 0.415. The Morgan fingerprint density at radius 3 is 2.08 bits per heavy atom. The van der Waals surface area contributed by atoms with Crippen LogP contribution in [0.5, 0.6) is 5.75 Å². The molecule has 2 saturated heterocycles. The molecule has 214 valence electrons. The van der Waals surface area contributed by atoms with Gasteiger partial charge in [-0.1, -0.05) is 24.3 Å². The molecule has 2 atom stereocenters. The lowest BCUT2D eigenvalue weighted by atomic mass is 9.97. The third-order valence-electron chi connectivity index (χ3n) is 7.98. The minimum Gasteiger partial charge on any atom is -0.493 e. The molecule has 0 unspecified atom stereocenters. The number of amides is 1. The van der Waals surface area contributed by atoms with E-state index in [4.69, 9.17) is 9.94 Å². The topological polar surface area (TPSA) is 68.3 Å². The maximum atomic E-state index is 13.9. The Hall–Kier alpha value is -2.52. The van der Waals surface area contributed by atoms with E-state index in [0.29, 0.717) is 30.1 Å². The van der Waals surface area contributed by atoms with Crippen molar-refractivity contribution in [1.29, 1.82) is 0 Å². The Bertz CT molecular complexity index is 1040. The zero-order valence-corrected chi connectivity index (χ0v) is 23.9. The fourth-order valence-corrected chi connectivity index (χ4v) is 5.95. The van der Waals surface area contributed by atoms with Crippen molar-refractivity contribution in [3.63, 3.8) is 0 Å². The fraction of sp³-hybridized carbons (Fsp3) is 0.581. The Morgan fingerprint density at radius 1 is 0.949 bits per heavy atom. The summed E-state index contributed by atoms with van der Waals surface area (Å²) in [7, 11) is 0. The van der Waals surface area contributed by atoms with Gasteiger partial charge in [-0.3, -0.25) is 19.8 Å². The normalized spacial score (nSPS) is 22.1. The number of carbonyl (C=O) groups is 1. The minimum atomic E-state index is -1.13. The van der Waals surface area contributed by atoms with Crippen LogP contribution in [0, 0.1) is 5.92 Å². The van der Waals surface area contributed by atoms with Crippen molar-refractivity contribution in [2.45, 2.75) is 71.4 Å². The van der Waals surface area contributed by atoms with Crippen molar-refractivity contribution in [1.82, 2.24) is 20.2 Å². The first-order valence-corrected chi connectivity index (χ1v) is 14.2. The summed E-state index contributed by atoms with van der Waals surface area (Å²) in [5.41, 5.74) is 3.43. The summed E-state index contributed by atoms with van der Waals surface area (Å²) in [6, 6.07) is 16.7. The van der Waals surface area contributed by atoms with E-state index in [-0.39, 0.29) is 0 Å². The average molecular weight is 541 g/mol. The highest BCUT2D eigenvalue weighted by atomic mass is 19.1. The molecule has 2 aliphatic rings. The summed E-state index contributed by atoms with van der Waals surface area (Å²) in [5.74, 6) is 0.951. The maximum Gasteiger partial charge on any atom is 0.274 e. The molecule has 0 saturated carbocycles. The van der Waals surface area contributed by atoms with Crippen LogP contribution in [0.2, 0.25) is 0 Å². The molecule has 0 bridgehead atoms. The van der Waals surface area contributed by atoms with E-state index < -0.39 is 11.6 Å². The number of hydroxylamine groups is 1. The van der Waals surface area contributed by atoms with E-state index >= 15 is 0 Å². The number of piperazine rings is 1. The first-order chi connectivity index (χ1) is 18.6. The molecule has 0 radical (unpaired) electrons. The zero-order chi connectivity index (χ0) is 28.0. The van der Waals surface area contributed by atoms with Gasteiger partial charge in [-0.2, -0.15) is 0 Å². The number of hydrogen-bond acceptors (Lipinski definition) is 6. The Balaban J connectivity index is 1.21. The lowest BCUT2D eigenvalue weighted by molar-refractivity contribution is 0.0290. The number of likely N-dealkylation sites (tertiary alicyclic amines) is 1. The van der Waals surface area contributed by atoms with Crippen LogP contribution in [0.25, 0.3) is 0 Å². The van der Waals surface area contributed by atoms with Crippen LogP contribution < -0.4 is 10.2 Å². The lowest BCUT2D eigenvalue weighted by Gasteiger charge is -2.44. The molecule has 7 nitrogen and oxygen atoms in total. The van der Waals surface area contributed by atoms with Crippen LogP contribution in [0.1, 0.15) is 62.0 Å². The van der Waals surface area contributed by atoms with Gasteiger partial charge in [0.1, 0.15) is 11.4 Å². The predicted molar refractivity (Wildman–Crippen MR) is 152 cm³/mol. The molecular weight excluding hydrogens is 495 g/mol. The third-order valence-corrected chi connectivity index (χ3v) is 7.98. The number of halogens is 1. The Morgan fingerprint density at radius 2 is 1.51 bits per heavy atom. The number of nitrogens with one attached hydrogen (secondary N) is 1. The number of hydrogen-bond donors (Lipinski definition) is 2. The summed E-state index contributed by atoms with van der Waals surface area (Å²) < 4.78 is 20.0. The summed E-state index contributed by atoms with van der Waals surface area (Å²) in [6.07, 6.45) is 2.12. The highest BCUT2D eigenvalue weighted by molar-refractivity contribution is 5.93. The second-order valence-corrected chi connectivity index (χ2v) is 12.1. The first kappa shape index (κ1) is 29.5. The summed E-state index contributed by atoms with van der Waals surface area (Å²) in [6.45, 7) is 14.7. The monoisotopic (exact) mass is 540 g/mol. The fourth-order valence-electron chi connectivity index (χ4n) is 5.95. The predicted octanol–water partition coefficient (Wildman–Crippen LogP) is 4.74. The Kier molecular flexibility index (Phi) is 9.99. The third kappa shape index (κ3) is 8.73. The number of ether oxygens (including phenoxy) is 1. The molecule has 4 rings (SSSR count). The van der Waals surface area contributed by atoms with Crippen molar-refractivity contribution < 1.29 is 19.1 Å². The number of nitrogens with zero attached hydrogens (tertiary/aromatic N) is 3. The van der Waals surface area contributed by atoms with Gasteiger partial charge in [-0.25, -0.2) is 9.87 Å². The van der Waals surface area contributed by atoms with Gasteiger partial charge in [0.25, 0.3) is 5.91 Å². The van der Waals surface area contributed by atoms with Crippen LogP contribution in [0.4, 0.5) is 4.39 Å². The number of piperidine rings is 1. The highest BCUT2D eigenvalue weighted by Gasteiger charge is 2.29. The number of rotatable bonds is 10. The first-order valence-electron chi connectivity index (χ1n) is 14.2. The van der Waals surface area contributed by atoms with Gasteiger partial charge in [0.05, 0.1) is 6.61 Å². The van der Waals surface area contributed by atoms with Gasteiger partial charge in [0.15, 0.2) is 0 Å². The molecular formula is C31H45FN4O3. The van der Waals surface area contributed by atoms with Crippen molar-refractivity contribution in [2.24, 2.45) is 5.92 Å². The van der Waals surface area contributed by atoms with E-state index in [1.54, 1.807) is 31.5 Å². The summed E-state index contributed by atoms with van der Waals surface area (Å²) in [4.78, 5) is 18.8. The van der Waals surface area contributed by atoms with E-state index in [1.165, 1.54) is 5.56 Å². The van der Waals surface area contributed by atoms with Crippen molar-refractivity contribution in [2.75, 3.05) is 39.3 Å². The molecule has 2 aromatic carbocycles. The van der Waals surface area contributed by atoms with Crippen LogP contribution in [-0.4, -0.2) is 82.9 Å². The average Bonchev–Trinajstić information content (AvgIpc) is 2.90. The molecule has 0 aliphatic carbocycles. The van der Waals surface area contributed by atoms with Gasteiger partial charge in [-0.15, -0.1) is 0 Å². The second-order valence-electron chi connectivity index (χ2n) is 12.1. The van der Waals surface area contributed by atoms with E-state index in [9.17, 15) is 9.18 Å². The van der Waals surface area contributed by atoms with Gasteiger partial charge in [-0.05, 0) is 94.9 Å². The van der Waals surface area contributed by atoms with E-state index in [2.05, 4.69) is 52.8 Å². The van der Waals surface area contributed by atoms with Crippen LogP contribution >= 0.6 is 0 Å². The largest absolute Gasteiger partial charge is 0.493 e. The van der Waals surface area contributed by atoms with Crippen molar-refractivity contribution in [3.05, 3.63) is 65.2 Å². The van der Waals surface area contributed by atoms with Crippen molar-refractivity contribution >= 4 is 5.91 Å². The molecule has 2 N–H and O–H groups in total. The summed E-state index contributed by atoms with van der Waals surface area (Å²) in [5, 5.41) is 8.80. The van der Waals surface area contributed by atoms with Gasteiger partial charge < -0.3 is 9.64 Å². The second kappa shape index (κ2) is 13.2. The summed E-state index contributed by atoms with van der Waals surface area (Å²) >= 11 is 0. The van der Waals surface area contributed by atoms with Gasteiger partial charge in [0.2, 0.25) is 0 Å². The quantitative estimate of drug-likeness (QED) is 0.335. The molecule has 2 aromatic rings. The molecule has 0 spiro atoms. The standard InChI is InChI=1S/C31H45FN4O3/c1-23-17-35(19-25-5-9-28(10-6-25)30(37)33-38)18-24(2)36(23)20-26-7-11-29(12-8-26)39-21-27-13-15-34(16-14-27)22-31(3,4)32/h5-12,23-24,27,38H,13-22H2,1-4H3,(H,33,37)/t23-,24+. The SMILES string of the molecule is C[C@@H]1CN(Cc2ccc(C(=O)NO)cc2)C[C@H](C)N1Cc1ccc(OCC2CCN(CC(C)(C)F)CC2)cc1. The lowest BCUT2D eigenvalue weighted by Crippen LogP contribution is -2.55. The van der Waals surface area contributed by atoms with E-state index in [0.717, 1.165) is 70.0 Å². The molecule has 1 amide bonds. The smallest absolute Gasteiger partial charge is 0.274 e. The highest BCUT2D eigenvalue weighted by Crippen LogP contribution is 2.24. The van der Waals surface area contributed by atoms with Crippen molar-refractivity contribution in [3.8, 4) is 5.75 Å². The number of benzene rings is 2. The molecule has 2 fully saturated rings. The van der Waals surface area contributed by atoms with Gasteiger partial charge in [0, 0.05) is 50.4 Å². The van der Waals surface area contributed by atoms with E-state index in [1.807, 2.05) is 12.1 Å². The molecule has 39 heavy (non-hydrogen) atoms. The number of alkyl halides is 1. The molecule has 8 heteroatoms. The number of carbonyl (C=O) groups excluding carboxylic acids is 1.